The van der Waals surface area contributed by atoms with E-state index in [1.54, 1.807) is 21.2 Å². The van der Waals surface area contributed by atoms with Crippen molar-refractivity contribution in [3.05, 3.63) is 29.3 Å². The topological polar surface area (TPSA) is 75.2 Å². The van der Waals surface area contributed by atoms with Gasteiger partial charge in [-0.1, -0.05) is 17.7 Å². The molecule has 0 spiro atoms. The fraction of sp³-hybridized carbons (Fsp3) is 0.600. The van der Waals surface area contributed by atoms with Crippen LogP contribution in [0.15, 0.2) is 23.2 Å². The van der Waals surface area contributed by atoms with E-state index >= 15 is 0 Å². The Morgan fingerprint density at radius 2 is 1.96 bits per heavy atom. The van der Waals surface area contributed by atoms with Crippen molar-refractivity contribution in [3.63, 3.8) is 0 Å². The van der Waals surface area contributed by atoms with Crippen LogP contribution in [0.25, 0.3) is 0 Å². The van der Waals surface area contributed by atoms with Crippen LogP contribution in [0.1, 0.15) is 24.5 Å². The molecule has 0 aromatic heterocycles. The van der Waals surface area contributed by atoms with E-state index in [4.69, 9.17) is 9.47 Å². The average molecular weight is 379 g/mol. The third kappa shape index (κ3) is 9.28. The fourth-order valence-corrected chi connectivity index (χ4v) is 2.41. The van der Waals surface area contributed by atoms with Crippen LogP contribution in [0.4, 0.5) is 0 Å². The number of nitrogens with one attached hydrogen (secondary N) is 2. The Labute approximate surface area is 163 Å². The second-order valence-electron chi connectivity index (χ2n) is 6.42. The van der Waals surface area contributed by atoms with Gasteiger partial charge in [-0.15, -0.1) is 0 Å². The standard InChI is InChI=1S/C20H34N4O3/c1-6-27-13-7-11-21-20(23-15-19(25)24(3)4)22-12-10-17-14-16(2)8-9-18(17)26-5/h8-9,14H,6-7,10-13,15H2,1-5H3,(H2,21,22,23). The molecule has 2 N–H and O–H groups in total. The number of likely N-dealkylation sites (N-methyl/N-ethyl adjacent to an activating group) is 1. The average Bonchev–Trinajstić information content (AvgIpc) is 2.65. The Balaban J connectivity index is 2.60. The lowest BCUT2D eigenvalue weighted by molar-refractivity contribution is -0.127. The number of carbonyl (C=O) groups is 1. The van der Waals surface area contributed by atoms with Gasteiger partial charge in [0.15, 0.2) is 5.96 Å². The maximum absolute atomic E-state index is 11.8. The molecule has 0 bridgehead atoms. The number of hydrogen-bond acceptors (Lipinski definition) is 4. The Bertz CT molecular complexity index is 603. The fourth-order valence-electron chi connectivity index (χ4n) is 2.41. The lowest BCUT2D eigenvalue weighted by atomic mass is 10.1. The zero-order valence-electron chi connectivity index (χ0n) is 17.3. The molecule has 0 saturated carbocycles. The number of methoxy groups -OCH3 is 1. The highest BCUT2D eigenvalue weighted by molar-refractivity contribution is 5.84. The molecule has 0 saturated heterocycles. The van der Waals surface area contributed by atoms with E-state index in [1.807, 2.05) is 19.1 Å². The third-order valence-electron chi connectivity index (χ3n) is 3.96. The van der Waals surface area contributed by atoms with Gasteiger partial charge >= 0.3 is 0 Å². The first-order chi connectivity index (χ1) is 13.0. The van der Waals surface area contributed by atoms with E-state index in [2.05, 4.69) is 28.6 Å². The number of carbonyl (C=O) groups excluding carboxylic acids is 1. The molecule has 1 aromatic carbocycles. The molecule has 0 aliphatic heterocycles. The van der Waals surface area contributed by atoms with Crippen molar-refractivity contribution in [3.8, 4) is 5.75 Å². The van der Waals surface area contributed by atoms with Crippen molar-refractivity contribution in [2.45, 2.75) is 26.7 Å². The molecular weight excluding hydrogens is 344 g/mol. The molecule has 0 heterocycles. The normalized spacial score (nSPS) is 11.2. The van der Waals surface area contributed by atoms with Gasteiger partial charge in [-0.2, -0.15) is 0 Å². The van der Waals surface area contributed by atoms with E-state index < -0.39 is 0 Å². The molecule has 1 amide bonds. The summed E-state index contributed by atoms with van der Waals surface area (Å²) in [5.41, 5.74) is 2.34. The summed E-state index contributed by atoms with van der Waals surface area (Å²) in [6.45, 7) is 7.00. The number of hydrogen-bond donors (Lipinski definition) is 2. The summed E-state index contributed by atoms with van der Waals surface area (Å²) in [7, 11) is 5.14. The lowest BCUT2D eigenvalue weighted by Gasteiger charge is -2.15. The van der Waals surface area contributed by atoms with Crippen LogP contribution in [0.2, 0.25) is 0 Å². The van der Waals surface area contributed by atoms with Crippen molar-refractivity contribution < 1.29 is 14.3 Å². The predicted octanol–water partition coefficient (Wildman–Crippen LogP) is 1.60. The van der Waals surface area contributed by atoms with Crippen molar-refractivity contribution >= 4 is 11.9 Å². The molecule has 0 aliphatic rings. The van der Waals surface area contributed by atoms with Crippen LogP contribution in [-0.4, -0.2) is 70.8 Å². The van der Waals surface area contributed by atoms with Crippen molar-refractivity contribution in [2.75, 3.05) is 54.1 Å². The van der Waals surface area contributed by atoms with Gasteiger partial charge in [0, 0.05) is 40.4 Å². The number of aryl methyl sites for hydroxylation is 1. The first-order valence-electron chi connectivity index (χ1n) is 9.41. The van der Waals surface area contributed by atoms with Gasteiger partial charge in [-0.3, -0.25) is 4.79 Å². The number of rotatable bonds is 11. The van der Waals surface area contributed by atoms with Crippen LogP contribution in [-0.2, 0) is 16.0 Å². The molecule has 0 fully saturated rings. The predicted molar refractivity (Wildman–Crippen MR) is 110 cm³/mol. The smallest absolute Gasteiger partial charge is 0.243 e. The van der Waals surface area contributed by atoms with Crippen LogP contribution in [0, 0.1) is 6.92 Å². The zero-order valence-corrected chi connectivity index (χ0v) is 17.3. The molecule has 7 nitrogen and oxygen atoms in total. The Morgan fingerprint density at radius 1 is 1.22 bits per heavy atom. The summed E-state index contributed by atoms with van der Waals surface area (Å²) in [5.74, 6) is 1.48. The number of aliphatic imine (C=N–C) groups is 1. The van der Waals surface area contributed by atoms with Crippen LogP contribution in [0.5, 0.6) is 5.75 Å². The minimum absolute atomic E-state index is 0.0363. The number of amides is 1. The van der Waals surface area contributed by atoms with E-state index in [1.165, 1.54) is 10.5 Å². The van der Waals surface area contributed by atoms with Gasteiger partial charge in [0.2, 0.25) is 5.91 Å². The van der Waals surface area contributed by atoms with Crippen molar-refractivity contribution in [2.24, 2.45) is 4.99 Å². The minimum Gasteiger partial charge on any atom is -0.496 e. The van der Waals surface area contributed by atoms with Gasteiger partial charge < -0.3 is 25.0 Å². The first-order valence-corrected chi connectivity index (χ1v) is 9.41. The summed E-state index contributed by atoms with van der Waals surface area (Å²) in [5, 5.41) is 6.55. The van der Waals surface area contributed by atoms with E-state index in [0.717, 1.165) is 37.3 Å². The molecule has 1 aromatic rings. The SMILES string of the molecule is CCOCCCNC(=NCC(=O)N(C)C)NCCc1cc(C)ccc1OC. The molecule has 0 atom stereocenters. The van der Waals surface area contributed by atoms with E-state index in [-0.39, 0.29) is 12.5 Å². The number of ether oxygens (including phenoxy) is 2. The summed E-state index contributed by atoms with van der Waals surface area (Å²) >= 11 is 0. The maximum atomic E-state index is 11.8. The Kier molecular flexibility index (Phi) is 10.9. The largest absolute Gasteiger partial charge is 0.496 e. The summed E-state index contributed by atoms with van der Waals surface area (Å²) in [4.78, 5) is 17.7. The van der Waals surface area contributed by atoms with Crippen LogP contribution >= 0.6 is 0 Å². The van der Waals surface area contributed by atoms with Crippen molar-refractivity contribution in [1.82, 2.24) is 15.5 Å². The van der Waals surface area contributed by atoms with Crippen LogP contribution in [0.3, 0.4) is 0 Å². The number of benzene rings is 1. The summed E-state index contributed by atoms with van der Waals surface area (Å²) < 4.78 is 10.8. The van der Waals surface area contributed by atoms with Gasteiger partial charge in [-0.25, -0.2) is 4.99 Å². The van der Waals surface area contributed by atoms with E-state index in [9.17, 15) is 4.79 Å². The molecule has 152 valence electrons. The molecule has 1 rings (SSSR count). The number of nitrogens with zero attached hydrogens (tertiary/aromatic N) is 2. The monoisotopic (exact) mass is 378 g/mol. The Morgan fingerprint density at radius 3 is 2.63 bits per heavy atom. The third-order valence-corrected chi connectivity index (χ3v) is 3.96. The highest BCUT2D eigenvalue weighted by atomic mass is 16.5. The second kappa shape index (κ2) is 13.0. The quantitative estimate of drug-likeness (QED) is 0.348. The van der Waals surface area contributed by atoms with Gasteiger partial charge in [0.1, 0.15) is 12.3 Å². The van der Waals surface area contributed by atoms with Crippen molar-refractivity contribution in [1.29, 1.82) is 0 Å². The highest BCUT2D eigenvalue weighted by Gasteiger charge is 2.06. The zero-order chi connectivity index (χ0) is 20.1. The molecule has 0 radical (unpaired) electrons. The van der Waals surface area contributed by atoms with E-state index in [0.29, 0.717) is 19.1 Å². The lowest BCUT2D eigenvalue weighted by Crippen LogP contribution is -2.40. The molecule has 27 heavy (non-hydrogen) atoms. The second-order valence-corrected chi connectivity index (χ2v) is 6.42. The highest BCUT2D eigenvalue weighted by Crippen LogP contribution is 2.19. The molecule has 0 aliphatic carbocycles. The summed E-state index contributed by atoms with van der Waals surface area (Å²) in [6, 6.07) is 6.15. The first kappa shape index (κ1) is 22.8. The number of guanidine groups is 1. The van der Waals surface area contributed by atoms with Gasteiger partial charge in [0.05, 0.1) is 7.11 Å². The molecular formula is C20H34N4O3. The van der Waals surface area contributed by atoms with Gasteiger partial charge in [0.25, 0.3) is 0 Å². The molecule has 0 unspecified atom stereocenters. The Hall–Kier alpha value is -2.28. The van der Waals surface area contributed by atoms with Crippen LogP contribution < -0.4 is 15.4 Å². The molecule has 7 heteroatoms. The maximum Gasteiger partial charge on any atom is 0.243 e. The minimum atomic E-state index is -0.0363. The summed E-state index contributed by atoms with van der Waals surface area (Å²) in [6.07, 6.45) is 1.67. The van der Waals surface area contributed by atoms with Gasteiger partial charge in [-0.05, 0) is 38.3 Å².